The summed E-state index contributed by atoms with van der Waals surface area (Å²) in [6.07, 6.45) is -0.0555. The molecule has 1 rings (SSSR count). The first-order valence-corrected chi connectivity index (χ1v) is 4.87. The van der Waals surface area contributed by atoms with Crippen LogP contribution in [0.5, 0.6) is 5.75 Å². The predicted octanol–water partition coefficient (Wildman–Crippen LogP) is 2.30. The van der Waals surface area contributed by atoms with Crippen molar-refractivity contribution < 1.29 is 9.53 Å². The SMILES string of the molecule is CCC(=O)C(C)Oc1ccccc1C#N. The fourth-order valence-corrected chi connectivity index (χ4v) is 1.21. The minimum Gasteiger partial charge on any atom is -0.482 e. The van der Waals surface area contributed by atoms with Gasteiger partial charge in [-0.2, -0.15) is 5.26 Å². The molecule has 78 valence electrons. The van der Waals surface area contributed by atoms with Crippen LogP contribution in [-0.2, 0) is 4.79 Å². The van der Waals surface area contributed by atoms with E-state index < -0.39 is 6.10 Å². The molecule has 0 saturated heterocycles. The first kappa shape index (κ1) is 11.3. The minimum absolute atomic E-state index is 0.0303. The van der Waals surface area contributed by atoms with Gasteiger partial charge in [0.1, 0.15) is 11.8 Å². The van der Waals surface area contributed by atoms with Gasteiger partial charge in [-0.25, -0.2) is 0 Å². The molecule has 1 aromatic carbocycles. The van der Waals surface area contributed by atoms with Gasteiger partial charge in [0.2, 0.25) is 0 Å². The number of ether oxygens (including phenoxy) is 1. The van der Waals surface area contributed by atoms with E-state index in [2.05, 4.69) is 0 Å². The van der Waals surface area contributed by atoms with Crippen LogP contribution in [0.4, 0.5) is 0 Å². The summed E-state index contributed by atoms with van der Waals surface area (Å²) in [7, 11) is 0. The lowest BCUT2D eigenvalue weighted by Crippen LogP contribution is -2.23. The molecule has 0 aliphatic heterocycles. The Morgan fingerprint density at radius 1 is 1.53 bits per heavy atom. The summed E-state index contributed by atoms with van der Waals surface area (Å²) < 4.78 is 5.42. The largest absolute Gasteiger partial charge is 0.482 e. The fourth-order valence-electron chi connectivity index (χ4n) is 1.21. The van der Waals surface area contributed by atoms with Crippen LogP contribution in [0.3, 0.4) is 0 Å². The lowest BCUT2D eigenvalue weighted by atomic mass is 10.2. The third-order valence-electron chi connectivity index (χ3n) is 2.11. The van der Waals surface area contributed by atoms with Crippen molar-refractivity contribution in [3.63, 3.8) is 0 Å². The van der Waals surface area contributed by atoms with Crippen molar-refractivity contribution in [2.45, 2.75) is 26.4 Å². The van der Waals surface area contributed by atoms with Crippen molar-refractivity contribution in [2.75, 3.05) is 0 Å². The molecule has 0 spiro atoms. The van der Waals surface area contributed by atoms with Gasteiger partial charge in [0.05, 0.1) is 5.56 Å². The van der Waals surface area contributed by atoms with Crippen LogP contribution in [0.25, 0.3) is 0 Å². The van der Waals surface area contributed by atoms with Gasteiger partial charge in [0.15, 0.2) is 11.9 Å². The number of carbonyl (C=O) groups excluding carboxylic acids is 1. The molecule has 0 aliphatic carbocycles. The molecule has 0 bridgehead atoms. The number of nitriles is 1. The summed E-state index contributed by atoms with van der Waals surface area (Å²) in [6.45, 7) is 3.48. The third-order valence-corrected chi connectivity index (χ3v) is 2.11. The summed E-state index contributed by atoms with van der Waals surface area (Å²) in [5.41, 5.74) is 0.452. The predicted molar refractivity (Wildman–Crippen MR) is 56.5 cm³/mol. The van der Waals surface area contributed by atoms with Crippen LogP contribution in [0.2, 0.25) is 0 Å². The second-order valence-electron chi connectivity index (χ2n) is 3.19. The second kappa shape index (κ2) is 5.16. The third kappa shape index (κ3) is 2.81. The van der Waals surface area contributed by atoms with E-state index in [1.54, 1.807) is 38.1 Å². The summed E-state index contributed by atoms with van der Waals surface area (Å²) >= 11 is 0. The van der Waals surface area contributed by atoms with Crippen molar-refractivity contribution in [2.24, 2.45) is 0 Å². The van der Waals surface area contributed by atoms with E-state index in [0.29, 0.717) is 17.7 Å². The number of rotatable bonds is 4. The molecule has 0 aromatic heterocycles. The van der Waals surface area contributed by atoms with Crippen LogP contribution < -0.4 is 4.74 Å². The summed E-state index contributed by atoms with van der Waals surface area (Å²) in [4.78, 5) is 11.3. The first-order valence-electron chi connectivity index (χ1n) is 4.87. The molecule has 0 saturated carbocycles. The molecular weight excluding hydrogens is 190 g/mol. The Bertz CT molecular complexity index is 393. The Balaban J connectivity index is 2.81. The van der Waals surface area contributed by atoms with E-state index in [1.165, 1.54) is 0 Å². The number of nitrogens with zero attached hydrogens (tertiary/aromatic N) is 1. The molecule has 0 aliphatic rings. The molecule has 1 atom stereocenters. The molecule has 3 nitrogen and oxygen atoms in total. The minimum atomic E-state index is -0.496. The smallest absolute Gasteiger partial charge is 0.172 e. The highest BCUT2D eigenvalue weighted by molar-refractivity contribution is 5.82. The molecule has 0 heterocycles. The van der Waals surface area contributed by atoms with Gasteiger partial charge in [-0.3, -0.25) is 4.79 Å². The van der Waals surface area contributed by atoms with Crippen molar-refractivity contribution >= 4 is 5.78 Å². The number of carbonyl (C=O) groups is 1. The number of ketones is 1. The van der Waals surface area contributed by atoms with E-state index >= 15 is 0 Å². The van der Waals surface area contributed by atoms with E-state index in [0.717, 1.165) is 0 Å². The van der Waals surface area contributed by atoms with Gasteiger partial charge in [-0.15, -0.1) is 0 Å². The maximum absolute atomic E-state index is 11.3. The van der Waals surface area contributed by atoms with E-state index in [9.17, 15) is 4.79 Å². The highest BCUT2D eigenvalue weighted by Crippen LogP contribution is 2.18. The molecular formula is C12H13NO2. The van der Waals surface area contributed by atoms with Gasteiger partial charge >= 0.3 is 0 Å². The van der Waals surface area contributed by atoms with E-state index in [4.69, 9.17) is 10.00 Å². The van der Waals surface area contributed by atoms with Gasteiger partial charge in [0.25, 0.3) is 0 Å². The molecule has 0 fully saturated rings. The molecule has 0 amide bonds. The lowest BCUT2D eigenvalue weighted by Gasteiger charge is -2.13. The maximum atomic E-state index is 11.3. The maximum Gasteiger partial charge on any atom is 0.172 e. The van der Waals surface area contributed by atoms with Gasteiger partial charge in [-0.1, -0.05) is 19.1 Å². The zero-order chi connectivity index (χ0) is 11.3. The summed E-state index contributed by atoms with van der Waals surface area (Å²) in [5, 5.41) is 8.81. The van der Waals surface area contributed by atoms with Gasteiger partial charge < -0.3 is 4.74 Å². The lowest BCUT2D eigenvalue weighted by molar-refractivity contribution is -0.124. The molecule has 3 heteroatoms. The molecule has 15 heavy (non-hydrogen) atoms. The van der Waals surface area contributed by atoms with Crippen LogP contribution in [0.1, 0.15) is 25.8 Å². The molecule has 1 unspecified atom stereocenters. The van der Waals surface area contributed by atoms with E-state index in [1.807, 2.05) is 6.07 Å². The molecule has 1 aromatic rings. The summed E-state index contributed by atoms with van der Waals surface area (Å²) in [6, 6.07) is 8.92. The molecule has 0 radical (unpaired) electrons. The van der Waals surface area contributed by atoms with Crippen molar-refractivity contribution in [3.8, 4) is 11.8 Å². The van der Waals surface area contributed by atoms with Gasteiger partial charge in [-0.05, 0) is 19.1 Å². The first-order chi connectivity index (χ1) is 7.19. The standard InChI is InChI=1S/C12H13NO2/c1-3-11(14)9(2)15-12-7-5-4-6-10(12)8-13/h4-7,9H,3H2,1-2H3. The zero-order valence-electron chi connectivity index (χ0n) is 8.86. The van der Waals surface area contributed by atoms with Gasteiger partial charge in [0, 0.05) is 6.42 Å². The Morgan fingerprint density at radius 3 is 2.80 bits per heavy atom. The quantitative estimate of drug-likeness (QED) is 0.754. The second-order valence-corrected chi connectivity index (χ2v) is 3.19. The zero-order valence-corrected chi connectivity index (χ0v) is 8.86. The highest BCUT2D eigenvalue weighted by Gasteiger charge is 2.13. The Labute approximate surface area is 89.3 Å². The normalized spacial score (nSPS) is 11.5. The Hall–Kier alpha value is -1.82. The Morgan fingerprint density at radius 2 is 2.20 bits per heavy atom. The fraction of sp³-hybridized carbons (Fsp3) is 0.333. The average molecular weight is 203 g/mol. The number of para-hydroxylation sites is 1. The van der Waals surface area contributed by atoms with Crippen molar-refractivity contribution in [1.82, 2.24) is 0 Å². The molecule has 0 N–H and O–H groups in total. The Kier molecular flexibility index (Phi) is 3.87. The van der Waals surface area contributed by atoms with Crippen LogP contribution in [0, 0.1) is 11.3 Å². The topological polar surface area (TPSA) is 50.1 Å². The number of benzene rings is 1. The monoisotopic (exact) mass is 203 g/mol. The van der Waals surface area contributed by atoms with Crippen molar-refractivity contribution in [1.29, 1.82) is 5.26 Å². The number of hydrogen-bond acceptors (Lipinski definition) is 3. The average Bonchev–Trinajstić information content (AvgIpc) is 2.28. The van der Waals surface area contributed by atoms with E-state index in [-0.39, 0.29) is 5.78 Å². The van der Waals surface area contributed by atoms with Crippen LogP contribution >= 0.6 is 0 Å². The summed E-state index contributed by atoms with van der Waals surface area (Å²) in [5.74, 6) is 0.497. The van der Waals surface area contributed by atoms with Crippen LogP contribution in [0.15, 0.2) is 24.3 Å². The number of Topliss-reactive ketones (excluding diaryl/α,β-unsaturated/α-hetero) is 1. The van der Waals surface area contributed by atoms with Crippen LogP contribution in [-0.4, -0.2) is 11.9 Å². The highest BCUT2D eigenvalue weighted by atomic mass is 16.5. The number of hydrogen-bond donors (Lipinski definition) is 0. The van der Waals surface area contributed by atoms with Crippen molar-refractivity contribution in [3.05, 3.63) is 29.8 Å².